The van der Waals surface area contributed by atoms with Crippen LogP contribution in [0.5, 0.6) is 0 Å². The highest BCUT2D eigenvalue weighted by molar-refractivity contribution is 5.99. The molecule has 1 aliphatic heterocycles. The monoisotopic (exact) mass is 356 g/mol. The molecule has 0 spiro atoms. The first-order valence-electron chi connectivity index (χ1n) is 9.45. The van der Waals surface area contributed by atoms with Crippen molar-refractivity contribution in [2.75, 3.05) is 6.54 Å². The van der Waals surface area contributed by atoms with Crippen molar-refractivity contribution in [1.29, 1.82) is 0 Å². The fourth-order valence-electron chi connectivity index (χ4n) is 3.69. The zero-order valence-electron chi connectivity index (χ0n) is 16.0. The second-order valence-electron chi connectivity index (χ2n) is 8.09. The van der Waals surface area contributed by atoms with Crippen molar-refractivity contribution in [2.24, 2.45) is 11.8 Å². The third kappa shape index (κ3) is 3.92. The highest BCUT2D eigenvalue weighted by Crippen LogP contribution is 2.25. The minimum Gasteiger partial charge on any atom is -0.451 e. The third-order valence-electron chi connectivity index (χ3n) is 4.79. The highest BCUT2D eigenvalue weighted by atomic mass is 16.3. The van der Waals surface area contributed by atoms with Crippen molar-refractivity contribution < 1.29 is 14.0 Å². The van der Waals surface area contributed by atoms with Gasteiger partial charge in [0.1, 0.15) is 11.6 Å². The number of hydrogen-bond acceptors (Lipinski definition) is 3. The molecular weight excluding hydrogens is 328 g/mol. The first-order valence-corrected chi connectivity index (χ1v) is 9.45. The quantitative estimate of drug-likeness (QED) is 0.885. The number of fused-ring (bicyclic) bond motifs is 1. The number of rotatable bonds is 5. The fraction of sp³-hybridized carbons (Fsp3) is 0.524. The number of benzene rings is 1. The Bertz CT molecular complexity index is 760. The molecule has 1 aromatic heterocycles. The highest BCUT2D eigenvalue weighted by Gasteiger charge is 2.38. The summed E-state index contributed by atoms with van der Waals surface area (Å²) in [5.41, 5.74) is 0.691. The summed E-state index contributed by atoms with van der Waals surface area (Å²) in [5.74, 6) is 0.817. The van der Waals surface area contributed by atoms with Gasteiger partial charge in [-0.1, -0.05) is 45.9 Å². The zero-order chi connectivity index (χ0) is 18.8. The molecule has 2 unspecified atom stereocenters. The molecule has 1 aromatic carbocycles. The predicted molar refractivity (Wildman–Crippen MR) is 102 cm³/mol. The Morgan fingerprint density at radius 3 is 2.54 bits per heavy atom. The number of carbonyl (C=O) groups is 2. The van der Waals surface area contributed by atoms with Crippen molar-refractivity contribution >= 4 is 22.8 Å². The summed E-state index contributed by atoms with van der Waals surface area (Å²) in [7, 11) is 0. The number of para-hydroxylation sites is 1. The van der Waals surface area contributed by atoms with Crippen LogP contribution in [-0.4, -0.2) is 35.3 Å². The van der Waals surface area contributed by atoms with E-state index in [-0.39, 0.29) is 17.9 Å². The molecule has 1 fully saturated rings. The van der Waals surface area contributed by atoms with Gasteiger partial charge in [0.2, 0.25) is 5.91 Å². The average molecular weight is 356 g/mol. The van der Waals surface area contributed by atoms with Crippen LogP contribution >= 0.6 is 0 Å². The van der Waals surface area contributed by atoms with Gasteiger partial charge in [-0.2, -0.15) is 0 Å². The van der Waals surface area contributed by atoms with Crippen molar-refractivity contribution in [3.63, 3.8) is 0 Å². The van der Waals surface area contributed by atoms with Gasteiger partial charge in [-0.3, -0.25) is 9.59 Å². The molecule has 0 saturated carbocycles. The molecule has 2 amide bonds. The lowest BCUT2D eigenvalue weighted by Crippen LogP contribution is -2.62. The molecule has 0 aliphatic carbocycles. The number of furan rings is 1. The number of carbonyl (C=O) groups excluding carboxylic acids is 2. The van der Waals surface area contributed by atoms with Gasteiger partial charge in [-0.15, -0.1) is 0 Å². The maximum absolute atomic E-state index is 13.2. The Morgan fingerprint density at radius 1 is 1.19 bits per heavy atom. The summed E-state index contributed by atoms with van der Waals surface area (Å²) in [6.45, 7) is 8.90. The second-order valence-corrected chi connectivity index (χ2v) is 8.09. The molecule has 3 rings (SSSR count). The number of nitrogens with zero attached hydrogens (tertiary/aromatic N) is 1. The molecule has 1 saturated heterocycles. The molecule has 2 atom stereocenters. The van der Waals surface area contributed by atoms with Crippen LogP contribution in [0.25, 0.3) is 11.0 Å². The van der Waals surface area contributed by atoms with E-state index in [1.165, 1.54) is 0 Å². The van der Waals surface area contributed by atoms with Gasteiger partial charge in [0.05, 0.1) is 0 Å². The van der Waals surface area contributed by atoms with Crippen LogP contribution in [0.3, 0.4) is 0 Å². The van der Waals surface area contributed by atoms with Crippen molar-refractivity contribution in [1.82, 2.24) is 10.2 Å². The van der Waals surface area contributed by atoms with Crippen LogP contribution in [0.2, 0.25) is 0 Å². The van der Waals surface area contributed by atoms with Crippen LogP contribution in [0.15, 0.2) is 34.7 Å². The lowest BCUT2D eigenvalue weighted by Gasteiger charge is -2.40. The molecule has 26 heavy (non-hydrogen) atoms. The van der Waals surface area contributed by atoms with Gasteiger partial charge in [0, 0.05) is 18.0 Å². The molecule has 0 radical (unpaired) electrons. The molecule has 2 heterocycles. The minimum atomic E-state index is -0.445. The molecule has 0 bridgehead atoms. The first kappa shape index (κ1) is 18.5. The Morgan fingerprint density at radius 2 is 1.88 bits per heavy atom. The zero-order valence-corrected chi connectivity index (χ0v) is 16.0. The van der Waals surface area contributed by atoms with E-state index in [2.05, 4.69) is 33.0 Å². The maximum atomic E-state index is 13.2. The van der Waals surface area contributed by atoms with E-state index < -0.39 is 6.04 Å². The number of amides is 2. The first-order chi connectivity index (χ1) is 12.3. The van der Waals surface area contributed by atoms with Crippen LogP contribution in [0, 0.1) is 11.8 Å². The summed E-state index contributed by atoms with van der Waals surface area (Å²) >= 11 is 0. The Balaban J connectivity index is 1.89. The molecule has 5 nitrogen and oxygen atoms in total. The van der Waals surface area contributed by atoms with Gasteiger partial charge in [-0.25, -0.2) is 0 Å². The van der Waals surface area contributed by atoms with Crippen molar-refractivity contribution in [3.8, 4) is 0 Å². The van der Waals surface area contributed by atoms with E-state index in [1.807, 2.05) is 24.3 Å². The lowest BCUT2D eigenvalue weighted by molar-refractivity contribution is -0.130. The number of nitrogens with one attached hydrogen (secondary N) is 1. The predicted octanol–water partition coefficient (Wildman–Crippen LogP) is 3.83. The third-order valence-corrected chi connectivity index (χ3v) is 4.79. The lowest BCUT2D eigenvalue weighted by atomic mass is 9.95. The standard InChI is InChI=1S/C21H28N2O3/c1-13(2)9-16-12-23(17(10-14(3)4)20(24)22-16)21(25)19-11-15-7-5-6-8-18(15)26-19/h5-8,11,13-14,16-17H,9-10,12H2,1-4H3,(H,22,24). The Kier molecular flexibility index (Phi) is 5.35. The summed E-state index contributed by atoms with van der Waals surface area (Å²) < 4.78 is 5.77. The molecule has 1 N–H and O–H groups in total. The van der Waals surface area contributed by atoms with E-state index in [0.717, 1.165) is 11.8 Å². The molecular formula is C21H28N2O3. The molecule has 5 heteroatoms. The van der Waals surface area contributed by atoms with Gasteiger partial charge < -0.3 is 14.6 Å². The van der Waals surface area contributed by atoms with Crippen molar-refractivity contribution in [2.45, 2.75) is 52.6 Å². The molecule has 2 aromatic rings. The summed E-state index contributed by atoms with van der Waals surface area (Å²) in [6.07, 6.45) is 1.50. The summed E-state index contributed by atoms with van der Waals surface area (Å²) in [6, 6.07) is 8.88. The van der Waals surface area contributed by atoms with E-state index in [9.17, 15) is 9.59 Å². The maximum Gasteiger partial charge on any atom is 0.290 e. The van der Waals surface area contributed by atoms with E-state index in [0.29, 0.717) is 36.1 Å². The summed E-state index contributed by atoms with van der Waals surface area (Å²) in [4.78, 5) is 27.6. The SMILES string of the molecule is CC(C)CC1CN(C(=O)c2cc3ccccc3o2)C(CC(C)C)C(=O)N1. The van der Waals surface area contributed by atoms with E-state index >= 15 is 0 Å². The van der Waals surface area contributed by atoms with Gasteiger partial charge >= 0.3 is 0 Å². The largest absolute Gasteiger partial charge is 0.451 e. The fourth-order valence-corrected chi connectivity index (χ4v) is 3.69. The van der Waals surface area contributed by atoms with E-state index in [1.54, 1.807) is 11.0 Å². The summed E-state index contributed by atoms with van der Waals surface area (Å²) in [5, 5.41) is 4.00. The topological polar surface area (TPSA) is 62.6 Å². The second kappa shape index (κ2) is 7.52. The molecule has 140 valence electrons. The van der Waals surface area contributed by atoms with Crippen molar-refractivity contribution in [3.05, 3.63) is 36.1 Å². The minimum absolute atomic E-state index is 0.0146. The van der Waals surface area contributed by atoms with Crippen LogP contribution in [0.1, 0.15) is 51.1 Å². The Labute approximate surface area is 154 Å². The van der Waals surface area contributed by atoms with Crippen LogP contribution < -0.4 is 5.32 Å². The van der Waals surface area contributed by atoms with E-state index in [4.69, 9.17) is 4.42 Å². The smallest absolute Gasteiger partial charge is 0.290 e. The normalized spacial score (nSPS) is 20.8. The van der Waals surface area contributed by atoms with Crippen LogP contribution in [-0.2, 0) is 4.79 Å². The Hall–Kier alpha value is -2.30. The van der Waals surface area contributed by atoms with Gasteiger partial charge in [0.25, 0.3) is 5.91 Å². The average Bonchev–Trinajstić information content (AvgIpc) is 2.99. The molecule has 1 aliphatic rings. The number of hydrogen-bond donors (Lipinski definition) is 1. The van der Waals surface area contributed by atoms with Crippen LogP contribution in [0.4, 0.5) is 0 Å². The van der Waals surface area contributed by atoms with Gasteiger partial charge in [0.15, 0.2) is 5.76 Å². The number of piperazine rings is 1. The van der Waals surface area contributed by atoms with Gasteiger partial charge in [-0.05, 0) is 36.8 Å².